The number of nitro benzene ring substituents is 1. The van der Waals surface area contributed by atoms with Gasteiger partial charge in [-0.3, -0.25) is 44.3 Å². The van der Waals surface area contributed by atoms with Crippen molar-refractivity contribution in [2.45, 2.75) is 70.3 Å². The molecule has 2 aliphatic heterocycles. The van der Waals surface area contributed by atoms with E-state index in [0.717, 1.165) is 78.5 Å². The van der Waals surface area contributed by atoms with Gasteiger partial charge >= 0.3 is 0 Å². The van der Waals surface area contributed by atoms with E-state index in [2.05, 4.69) is 10.6 Å². The third-order valence-corrected chi connectivity index (χ3v) is 10.4. The van der Waals surface area contributed by atoms with Crippen molar-refractivity contribution in [1.82, 2.24) is 20.5 Å². The van der Waals surface area contributed by atoms with Crippen LogP contribution >= 0.6 is 0 Å². The molecule has 290 valence electrons. The van der Waals surface area contributed by atoms with Gasteiger partial charge < -0.3 is 9.73 Å². The van der Waals surface area contributed by atoms with E-state index in [1.807, 2.05) is 36.4 Å². The predicted molar refractivity (Wildman–Crippen MR) is 211 cm³/mol. The SMILES string of the molecule is O=C1CCC(N2C(=O)c3ccc(CCCCCCCCCNC(=O)c4ccc(-c5cc(-c6ccc([N+](=O)[O-])cc6)nc(-c6ccco6)c5)cc4)cc3C2=O)C(=O)N1. The van der Waals surface area contributed by atoms with Crippen molar-refractivity contribution in [3.8, 4) is 33.8 Å². The summed E-state index contributed by atoms with van der Waals surface area (Å²) in [6.45, 7) is 0.580. The van der Waals surface area contributed by atoms with Gasteiger partial charge in [0.05, 0.1) is 28.0 Å². The second-order valence-electron chi connectivity index (χ2n) is 14.3. The van der Waals surface area contributed by atoms with Crippen LogP contribution in [0.1, 0.15) is 94.4 Å². The molecule has 1 saturated heterocycles. The first kappa shape index (κ1) is 38.5. The maximum absolute atomic E-state index is 13.1. The Kier molecular flexibility index (Phi) is 11.7. The van der Waals surface area contributed by atoms with Gasteiger partial charge in [0.1, 0.15) is 11.7 Å². The molecule has 7 rings (SSSR count). The average molecular weight is 768 g/mol. The number of aromatic nitrogens is 1. The summed E-state index contributed by atoms with van der Waals surface area (Å²) >= 11 is 0. The molecule has 0 spiro atoms. The summed E-state index contributed by atoms with van der Waals surface area (Å²) in [5.74, 6) is -1.54. The zero-order valence-corrected chi connectivity index (χ0v) is 31.2. The van der Waals surface area contributed by atoms with Gasteiger partial charge in [-0.1, -0.05) is 50.3 Å². The highest BCUT2D eigenvalue weighted by Crippen LogP contribution is 2.32. The Morgan fingerprint density at radius 3 is 2.18 bits per heavy atom. The third-order valence-electron chi connectivity index (χ3n) is 10.4. The van der Waals surface area contributed by atoms with Crippen LogP contribution in [0.15, 0.2) is 102 Å². The molecule has 1 unspecified atom stereocenters. The molecule has 2 aliphatic rings. The van der Waals surface area contributed by atoms with Crippen LogP contribution in [-0.2, 0) is 16.0 Å². The number of unbranched alkanes of at least 4 members (excludes halogenated alkanes) is 6. The van der Waals surface area contributed by atoms with Crippen molar-refractivity contribution in [3.63, 3.8) is 0 Å². The number of imide groups is 2. The lowest BCUT2D eigenvalue weighted by Crippen LogP contribution is -2.54. The van der Waals surface area contributed by atoms with Gasteiger partial charge in [0.25, 0.3) is 23.4 Å². The van der Waals surface area contributed by atoms with Crippen LogP contribution in [0.4, 0.5) is 5.69 Å². The van der Waals surface area contributed by atoms with Gasteiger partial charge in [-0.25, -0.2) is 4.98 Å². The number of non-ortho nitro benzene ring substituents is 1. The van der Waals surface area contributed by atoms with Crippen molar-refractivity contribution in [3.05, 3.63) is 130 Å². The maximum atomic E-state index is 13.1. The van der Waals surface area contributed by atoms with E-state index in [0.29, 0.717) is 40.4 Å². The summed E-state index contributed by atoms with van der Waals surface area (Å²) in [6, 6.07) is 25.3. The van der Waals surface area contributed by atoms with E-state index in [1.54, 1.807) is 48.7 Å². The smallest absolute Gasteiger partial charge is 0.269 e. The summed E-state index contributed by atoms with van der Waals surface area (Å²) in [5, 5.41) is 16.4. The van der Waals surface area contributed by atoms with Crippen LogP contribution in [0.25, 0.3) is 33.8 Å². The van der Waals surface area contributed by atoms with Gasteiger partial charge in [0.2, 0.25) is 11.8 Å². The molecule has 0 radical (unpaired) electrons. The number of hydrogen-bond donors (Lipinski definition) is 2. The average Bonchev–Trinajstić information content (AvgIpc) is 3.85. The second-order valence-corrected chi connectivity index (χ2v) is 14.3. The summed E-state index contributed by atoms with van der Waals surface area (Å²) in [6.07, 6.45) is 9.63. The van der Waals surface area contributed by atoms with E-state index >= 15 is 0 Å². The minimum absolute atomic E-state index is 0.00148. The second kappa shape index (κ2) is 17.4. The minimum atomic E-state index is -0.967. The van der Waals surface area contributed by atoms with Gasteiger partial charge in [0, 0.05) is 36.2 Å². The number of benzene rings is 3. The highest BCUT2D eigenvalue weighted by Gasteiger charge is 2.44. The lowest BCUT2D eigenvalue weighted by molar-refractivity contribution is -0.384. The number of rotatable bonds is 16. The van der Waals surface area contributed by atoms with Crippen molar-refractivity contribution in [2.24, 2.45) is 0 Å². The molecule has 5 amide bonds. The molecule has 13 heteroatoms. The molecule has 0 saturated carbocycles. The number of furan rings is 1. The molecule has 2 N–H and O–H groups in total. The molecule has 57 heavy (non-hydrogen) atoms. The molecule has 13 nitrogen and oxygen atoms in total. The molecule has 5 aromatic rings. The van der Waals surface area contributed by atoms with E-state index in [-0.39, 0.29) is 24.4 Å². The van der Waals surface area contributed by atoms with Crippen LogP contribution < -0.4 is 10.6 Å². The Labute approximate surface area is 328 Å². The van der Waals surface area contributed by atoms with E-state index in [9.17, 15) is 34.1 Å². The number of nitro groups is 1. The summed E-state index contributed by atoms with van der Waals surface area (Å²) in [4.78, 5) is 79.2. The molecule has 3 aromatic carbocycles. The first-order chi connectivity index (χ1) is 27.7. The molecule has 1 atom stereocenters. The van der Waals surface area contributed by atoms with Crippen LogP contribution in [0.2, 0.25) is 0 Å². The predicted octanol–water partition coefficient (Wildman–Crippen LogP) is 7.69. The third kappa shape index (κ3) is 8.88. The lowest BCUT2D eigenvalue weighted by atomic mass is 10.00. The van der Waals surface area contributed by atoms with Gasteiger partial charge in [-0.05, 0) is 103 Å². The Hall–Kier alpha value is -6.76. The van der Waals surface area contributed by atoms with E-state index in [4.69, 9.17) is 9.40 Å². The number of hydrogen-bond acceptors (Lipinski definition) is 9. The first-order valence-electron chi connectivity index (χ1n) is 19.2. The van der Waals surface area contributed by atoms with Crippen LogP contribution in [0.3, 0.4) is 0 Å². The van der Waals surface area contributed by atoms with Crippen LogP contribution in [0, 0.1) is 10.1 Å². The van der Waals surface area contributed by atoms with Crippen molar-refractivity contribution in [2.75, 3.05) is 6.54 Å². The molecular formula is C44H41N5O8. The number of carbonyl (C=O) groups excluding carboxylic acids is 5. The molecule has 0 bridgehead atoms. The van der Waals surface area contributed by atoms with Gasteiger partial charge in [0.15, 0.2) is 5.76 Å². The number of fused-ring (bicyclic) bond motifs is 1. The topological polar surface area (TPSA) is 182 Å². The number of aryl methyl sites for hydroxylation is 1. The Balaban J connectivity index is 0.822. The number of nitrogens with zero attached hydrogens (tertiary/aromatic N) is 3. The zero-order chi connectivity index (χ0) is 39.9. The summed E-state index contributed by atoms with van der Waals surface area (Å²) < 4.78 is 5.60. The largest absolute Gasteiger partial charge is 0.463 e. The van der Waals surface area contributed by atoms with Crippen molar-refractivity contribution >= 4 is 35.2 Å². The monoisotopic (exact) mass is 767 g/mol. The minimum Gasteiger partial charge on any atom is -0.463 e. The fourth-order valence-electron chi connectivity index (χ4n) is 7.28. The lowest BCUT2D eigenvalue weighted by Gasteiger charge is -2.27. The Morgan fingerprint density at radius 2 is 1.47 bits per heavy atom. The maximum Gasteiger partial charge on any atom is 0.269 e. The fraction of sp³-hybridized carbons (Fsp3) is 0.273. The number of nitrogens with one attached hydrogen (secondary N) is 2. The highest BCUT2D eigenvalue weighted by molar-refractivity contribution is 6.23. The van der Waals surface area contributed by atoms with E-state index in [1.165, 1.54) is 12.1 Å². The van der Waals surface area contributed by atoms with Crippen molar-refractivity contribution < 1.29 is 33.3 Å². The molecule has 4 heterocycles. The molecular weight excluding hydrogens is 727 g/mol. The summed E-state index contributed by atoms with van der Waals surface area (Å²) in [7, 11) is 0. The Bertz CT molecular complexity index is 2320. The Morgan fingerprint density at radius 1 is 0.789 bits per heavy atom. The van der Waals surface area contributed by atoms with E-state index < -0.39 is 34.6 Å². The summed E-state index contributed by atoms with van der Waals surface area (Å²) in [5.41, 5.74) is 5.83. The first-order valence-corrected chi connectivity index (χ1v) is 19.2. The number of pyridine rings is 1. The normalized spacial score (nSPS) is 15.1. The van der Waals surface area contributed by atoms with Crippen LogP contribution in [-0.4, -0.2) is 56.9 Å². The zero-order valence-electron chi connectivity index (χ0n) is 31.2. The number of piperidine rings is 1. The molecule has 1 fully saturated rings. The quantitative estimate of drug-likeness (QED) is 0.0440. The number of amides is 5. The van der Waals surface area contributed by atoms with Crippen LogP contribution in [0.5, 0.6) is 0 Å². The van der Waals surface area contributed by atoms with Gasteiger partial charge in [-0.2, -0.15) is 0 Å². The fourth-order valence-corrected chi connectivity index (χ4v) is 7.28. The molecule has 2 aromatic heterocycles. The highest BCUT2D eigenvalue weighted by atomic mass is 16.6. The number of carbonyl (C=O) groups is 5. The van der Waals surface area contributed by atoms with Gasteiger partial charge in [-0.15, -0.1) is 0 Å². The molecule has 0 aliphatic carbocycles. The van der Waals surface area contributed by atoms with Crippen molar-refractivity contribution in [1.29, 1.82) is 0 Å². The standard InChI is InChI=1S/C44H41N5O8/c50-40-22-21-38(42(52)47-40)48-43(53)34-20-11-28(25-35(34)44(48)54)9-6-4-2-1-3-5-7-23-45-41(51)31-14-12-29(13-15-31)32-26-36(30-16-18-33(19-17-30)49(55)56)46-37(27-32)39-10-8-24-57-39/h8,10-20,24-27,38H,1-7,9,21-23H2,(H,45,51)(H,47,50,52).